The number of hydrogen-bond donors (Lipinski definition) is 0. The highest BCUT2D eigenvalue weighted by Gasteiger charge is 2.12. The van der Waals surface area contributed by atoms with Crippen LogP contribution in [0.4, 0.5) is 0 Å². The van der Waals surface area contributed by atoms with Gasteiger partial charge in [-0.25, -0.2) is 4.98 Å². The molecule has 0 aliphatic heterocycles. The fourth-order valence-electron chi connectivity index (χ4n) is 2.26. The number of ether oxygens (including phenoxy) is 1. The number of aromatic nitrogens is 1. The number of hydrogen-bond acceptors (Lipinski definition) is 3. The monoisotopic (exact) mass is 240 g/mol. The summed E-state index contributed by atoms with van der Waals surface area (Å²) in [5.41, 5.74) is 2.51. The number of fused-ring (bicyclic) bond motifs is 1. The fourth-order valence-corrected chi connectivity index (χ4v) is 2.26. The predicted molar refractivity (Wildman–Crippen MR) is 71.8 cm³/mol. The van der Waals surface area contributed by atoms with Crippen LogP contribution in [-0.2, 0) is 12.8 Å². The van der Waals surface area contributed by atoms with E-state index in [1.165, 1.54) is 0 Å². The van der Waals surface area contributed by atoms with Gasteiger partial charge in [-0.3, -0.25) is 0 Å². The maximum atomic E-state index is 9.21. The summed E-state index contributed by atoms with van der Waals surface area (Å²) < 4.78 is 5.27. The van der Waals surface area contributed by atoms with Crippen molar-refractivity contribution in [2.75, 3.05) is 7.11 Å². The Bertz CT molecular complexity index is 626. The van der Waals surface area contributed by atoms with E-state index in [2.05, 4.69) is 18.0 Å². The maximum absolute atomic E-state index is 9.21. The van der Waals surface area contributed by atoms with Crippen molar-refractivity contribution in [3.05, 3.63) is 35.2 Å². The first-order valence-corrected chi connectivity index (χ1v) is 6.14. The SMILES string of the molecule is CCc1nc(C#N)c(CC)c2cc(OC)ccc12. The molecule has 0 amide bonds. The van der Waals surface area contributed by atoms with Gasteiger partial charge in [0.1, 0.15) is 17.5 Å². The molecule has 0 saturated carbocycles. The molecule has 0 spiro atoms. The van der Waals surface area contributed by atoms with Gasteiger partial charge in [-0.1, -0.05) is 13.8 Å². The van der Waals surface area contributed by atoms with Crippen LogP contribution >= 0.6 is 0 Å². The van der Waals surface area contributed by atoms with Crippen molar-refractivity contribution in [1.82, 2.24) is 4.98 Å². The Kier molecular flexibility index (Phi) is 3.47. The van der Waals surface area contributed by atoms with Crippen LogP contribution in [0.25, 0.3) is 10.8 Å². The summed E-state index contributed by atoms with van der Waals surface area (Å²) in [6.45, 7) is 4.10. The van der Waals surface area contributed by atoms with Crippen LogP contribution in [0.1, 0.15) is 30.8 Å². The standard InChI is InChI=1S/C15H16N2O/c1-4-11-13-8-10(18-3)6-7-12(13)14(5-2)17-15(11)9-16/h6-8H,4-5H2,1-3H3. The summed E-state index contributed by atoms with van der Waals surface area (Å²) in [7, 11) is 1.65. The average molecular weight is 240 g/mol. The van der Waals surface area contributed by atoms with E-state index in [1.807, 2.05) is 25.1 Å². The molecule has 0 radical (unpaired) electrons. The summed E-state index contributed by atoms with van der Waals surface area (Å²) in [5, 5.41) is 11.4. The highest BCUT2D eigenvalue weighted by molar-refractivity contribution is 5.90. The van der Waals surface area contributed by atoms with E-state index in [1.54, 1.807) is 7.11 Å². The van der Waals surface area contributed by atoms with Crippen LogP contribution in [0.3, 0.4) is 0 Å². The molecule has 1 aromatic heterocycles. The molecule has 0 aliphatic rings. The molecular weight excluding hydrogens is 224 g/mol. The third-order valence-corrected chi connectivity index (χ3v) is 3.19. The van der Waals surface area contributed by atoms with E-state index in [4.69, 9.17) is 4.74 Å². The quantitative estimate of drug-likeness (QED) is 0.827. The summed E-state index contributed by atoms with van der Waals surface area (Å²) in [5.74, 6) is 0.814. The minimum atomic E-state index is 0.537. The largest absolute Gasteiger partial charge is 0.497 e. The van der Waals surface area contributed by atoms with Crippen molar-refractivity contribution < 1.29 is 4.74 Å². The molecule has 0 unspecified atom stereocenters. The highest BCUT2D eigenvalue weighted by Crippen LogP contribution is 2.28. The lowest BCUT2D eigenvalue weighted by Crippen LogP contribution is -2.00. The first kappa shape index (κ1) is 12.4. The van der Waals surface area contributed by atoms with Gasteiger partial charge in [-0.15, -0.1) is 0 Å². The molecule has 2 rings (SSSR count). The average Bonchev–Trinajstić information content (AvgIpc) is 2.44. The van der Waals surface area contributed by atoms with Crippen LogP contribution in [0.5, 0.6) is 5.75 Å². The van der Waals surface area contributed by atoms with E-state index >= 15 is 0 Å². The minimum absolute atomic E-state index is 0.537. The highest BCUT2D eigenvalue weighted by atomic mass is 16.5. The lowest BCUT2D eigenvalue weighted by molar-refractivity contribution is 0.415. The van der Waals surface area contributed by atoms with Crippen LogP contribution in [0.2, 0.25) is 0 Å². The van der Waals surface area contributed by atoms with Gasteiger partial charge in [0, 0.05) is 11.1 Å². The van der Waals surface area contributed by atoms with Crippen molar-refractivity contribution in [3.8, 4) is 11.8 Å². The molecule has 2 aromatic rings. The Morgan fingerprint density at radius 2 is 2.00 bits per heavy atom. The minimum Gasteiger partial charge on any atom is -0.497 e. The number of methoxy groups -OCH3 is 1. The van der Waals surface area contributed by atoms with Crippen molar-refractivity contribution in [2.45, 2.75) is 26.7 Å². The Hall–Kier alpha value is -2.08. The number of benzene rings is 1. The zero-order chi connectivity index (χ0) is 13.1. The molecule has 0 fully saturated rings. The van der Waals surface area contributed by atoms with E-state index in [0.717, 1.165) is 40.6 Å². The molecular formula is C15H16N2O. The molecule has 1 aromatic carbocycles. The number of pyridine rings is 1. The summed E-state index contributed by atoms with van der Waals surface area (Å²) in [6.07, 6.45) is 1.62. The molecule has 0 N–H and O–H groups in total. The zero-order valence-corrected chi connectivity index (χ0v) is 10.9. The predicted octanol–water partition coefficient (Wildman–Crippen LogP) is 3.24. The van der Waals surface area contributed by atoms with Gasteiger partial charge in [0.15, 0.2) is 0 Å². The maximum Gasteiger partial charge on any atom is 0.144 e. The van der Waals surface area contributed by atoms with Gasteiger partial charge < -0.3 is 4.74 Å². The first-order chi connectivity index (χ1) is 8.74. The van der Waals surface area contributed by atoms with E-state index in [9.17, 15) is 5.26 Å². The number of nitriles is 1. The molecule has 0 bridgehead atoms. The summed E-state index contributed by atoms with van der Waals surface area (Å²) >= 11 is 0. The van der Waals surface area contributed by atoms with Gasteiger partial charge in [0.05, 0.1) is 7.11 Å². The van der Waals surface area contributed by atoms with Crippen molar-refractivity contribution >= 4 is 10.8 Å². The Balaban J connectivity index is 2.87. The molecule has 92 valence electrons. The summed E-state index contributed by atoms with van der Waals surface area (Å²) in [6, 6.07) is 8.16. The lowest BCUT2D eigenvalue weighted by atomic mass is 9.99. The van der Waals surface area contributed by atoms with Gasteiger partial charge >= 0.3 is 0 Å². The molecule has 0 aliphatic carbocycles. The first-order valence-electron chi connectivity index (χ1n) is 6.14. The zero-order valence-electron chi connectivity index (χ0n) is 10.9. The van der Waals surface area contributed by atoms with Gasteiger partial charge in [0.25, 0.3) is 0 Å². The molecule has 1 heterocycles. The van der Waals surface area contributed by atoms with Crippen molar-refractivity contribution in [1.29, 1.82) is 5.26 Å². The normalized spacial score (nSPS) is 10.3. The number of aryl methyl sites for hydroxylation is 2. The molecule has 0 atom stereocenters. The van der Waals surface area contributed by atoms with Crippen LogP contribution in [0, 0.1) is 11.3 Å². The molecule has 3 heteroatoms. The topological polar surface area (TPSA) is 45.9 Å². The van der Waals surface area contributed by atoms with Crippen molar-refractivity contribution in [3.63, 3.8) is 0 Å². The molecule has 0 saturated heterocycles. The van der Waals surface area contributed by atoms with Crippen LogP contribution in [0.15, 0.2) is 18.2 Å². The van der Waals surface area contributed by atoms with Crippen LogP contribution in [-0.4, -0.2) is 12.1 Å². The smallest absolute Gasteiger partial charge is 0.144 e. The Morgan fingerprint density at radius 1 is 1.22 bits per heavy atom. The molecule has 18 heavy (non-hydrogen) atoms. The van der Waals surface area contributed by atoms with Gasteiger partial charge in [-0.2, -0.15) is 5.26 Å². The third kappa shape index (κ3) is 1.91. The van der Waals surface area contributed by atoms with E-state index in [0.29, 0.717) is 5.69 Å². The van der Waals surface area contributed by atoms with Gasteiger partial charge in [0.2, 0.25) is 0 Å². The van der Waals surface area contributed by atoms with Gasteiger partial charge in [-0.05, 0) is 42.0 Å². The third-order valence-electron chi connectivity index (χ3n) is 3.19. The molecule has 3 nitrogen and oxygen atoms in total. The fraction of sp³-hybridized carbons (Fsp3) is 0.333. The summed E-state index contributed by atoms with van der Waals surface area (Å²) in [4.78, 5) is 4.46. The Morgan fingerprint density at radius 3 is 2.56 bits per heavy atom. The second-order valence-corrected chi connectivity index (χ2v) is 4.12. The van der Waals surface area contributed by atoms with Crippen molar-refractivity contribution in [2.24, 2.45) is 0 Å². The van der Waals surface area contributed by atoms with Crippen LogP contribution < -0.4 is 4.74 Å². The number of rotatable bonds is 3. The Labute approximate surface area is 107 Å². The number of nitrogens with zero attached hydrogens (tertiary/aromatic N) is 2. The lowest BCUT2D eigenvalue weighted by Gasteiger charge is -2.11. The second-order valence-electron chi connectivity index (χ2n) is 4.12. The van der Waals surface area contributed by atoms with E-state index < -0.39 is 0 Å². The second kappa shape index (κ2) is 5.05. The van der Waals surface area contributed by atoms with E-state index in [-0.39, 0.29) is 0 Å².